The number of rotatable bonds is 5. The van der Waals surface area contributed by atoms with E-state index in [0.717, 1.165) is 34.0 Å². The Kier molecular flexibility index (Phi) is 5.20. The van der Waals surface area contributed by atoms with Crippen molar-refractivity contribution in [1.29, 1.82) is 0 Å². The molecule has 0 saturated heterocycles. The molecule has 5 heteroatoms. The molecule has 144 valence electrons. The summed E-state index contributed by atoms with van der Waals surface area (Å²) in [5.41, 5.74) is 11.4. The van der Waals surface area contributed by atoms with E-state index in [1.807, 2.05) is 61.5 Å². The summed E-state index contributed by atoms with van der Waals surface area (Å²) in [5.74, 6) is 0.190. The summed E-state index contributed by atoms with van der Waals surface area (Å²) in [6.45, 7) is 2.64. The zero-order chi connectivity index (χ0) is 20.2. The highest BCUT2D eigenvalue weighted by molar-refractivity contribution is 5.96. The van der Waals surface area contributed by atoms with Crippen molar-refractivity contribution in [3.63, 3.8) is 0 Å². The molecule has 0 fully saturated rings. The summed E-state index contributed by atoms with van der Waals surface area (Å²) in [4.78, 5) is 20.9. The number of nitrogens with one attached hydrogen (secondary N) is 1. The maximum atomic E-state index is 12.6. The number of carbonyl (C=O) groups is 1. The Balaban J connectivity index is 1.54. The van der Waals surface area contributed by atoms with Crippen LogP contribution in [0, 0.1) is 6.92 Å². The van der Waals surface area contributed by atoms with Crippen molar-refractivity contribution in [2.45, 2.75) is 13.3 Å². The van der Waals surface area contributed by atoms with Crippen LogP contribution >= 0.6 is 0 Å². The topological polar surface area (TPSA) is 80.9 Å². The van der Waals surface area contributed by atoms with Crippen LogP contribution in [-0.2, 0) is 6.42 Å². The second kappa shape index (κ2) is 8.10. The molecule has 0 aliphatic rings. The van der Waals surface area contributed by atoms with Gasteiger partial charge in [0.25, 0.3) is 5.91 Å². The van der Waals surface area contributed by atoms with E-state index in [4.69, 9.17) is 5.73 Å². The summed E-state index contributed by atoms with van der Waals surface area (Å²) in [6.07, 6.45) is 2.52. The lowest BCUT2D eigenvalue weighted by Crippen LogP contribution is -2.25. The third kappa shape index (κ3) is 4.24. The van der Waals surface area contributed by atoms with Gasteiger partial charge >= 0.3 is 0 Å². The molecule has 0 unspecified atom stereocenters. The molecule has 29 heavy (non-hydrogen) atoms. The largest absolute Gasteiger partial charge is 0.368 e. The lowest BCUT2D eigenvalue weighted by Gasteiger charge is -2.11. The molecule has 3 aromatic carbocycles. The summed E-state index contributed by atoms with van der Waals surface area (Å²) in [5, 5.41) is 3.92. The van der Waals surface area contributed by atoms with Gasteiger partial charge in [-0.05, 0) is 59.9 Å². The van der Waals surface area contributed by atoms with Crippen molar-refractivity contribution in [2.75, 3.05) is 12.3 Å². The standard InChI is InChI=1S/C24H22N4O/c1-16-7-8-19(23(29)26-12-11-17-5-3-2-4-6-17)14-21(16)18-9-10-22-20(13-18)15-27-24(25)28-22/h2-10,13-15H,11-12H2,1H3,(H,26,29)(H2,25,27,28). The Morgan fingerprint density at radius 3 is 2.69 bits per heavy atom. The minimum Gasteiger partial charge on any atom is -0.368 e. The zero-order valence-electron chi connectivity index (χ0n) is 16.2. The monoisotopic (exact) mass is 382 g/mol. The second-order valence-corrected chi connectivity index (χ2v) is 7.02. The van der Waals surface area contributed by atoms with E-state index in [-0.39, 0.29) is 11.9 Å². The van der Waals surface area contributed by atoms with Crippen LogP contribution in [0.5, 0.6) is 0 Å². The molecule has 0 radical (unpaired) electrons. The first-order chi connectivity index (χ1) is 14.1. The van der Waals surface area contributed by atoms with Crippen molar-refractivity contribution in [3.05, 3.63) is 89.6 Å². The smallest absolute Gasteiger partial charge is 0.251 e. The van der Waals surface area contributed by atoms with Crippen molar-refractivity contribution in [2.24, 2.45) is 0 Å². The molecular weight excluding hydrogens is 360 g/mol. The molecule has 4 aromatic rings. The first kappa shape index (κ1) is 18.6. The van der Waals surface area contributed by atoms with E-state index >= 15 is 0 Å². The molecule has 0 bridgehead atoms. The Morgan fingerprint density at radius 1 is 1.03 bits per heavy atom. The van der Waals surface area contributed by atoms with Crippen LogP contribution in [-0.4, -0.2) is 22.4 Å². The molecule has 0 spiro atoms. The minimum absolute atomic E-state index is 0.0703. The Bertz CT molecular complexity index is 1170. The Hall–Kier alpha value is -3.73. The van der Waals surface area contributed by atoms with Crippen LogP contribution in [0.25, 0.3) is 22.0 Å². The fourth-order valence-corrected chi connectivity index (χ4v) is 3.36. The van der Waals surface area contributed by atoms with Gasteiger partial charge in [0.05, 0.1) is 5.52 Å². The number of aryl methyl sites for hydroxylation is 1. The molecule has 1 heterocycles. The number of nitrogen functional groups attached to an aromatic ring is 1. The molecule has 1 aromatic heterocycles. The maximum absolute atomic E-state index is 12.6. The number of nitrogens with two attached hydrogens (primary N) is 1. The van der Waals surface area contributed by atoms with Crippen LogP contribution in [0.4, 0.5) is 5.95 Å². The molecule has 0 aliphatic heterocycles. The van der Waals surface area contributed by atoms with Crippen molar-refractivity contribution < 1.29 is 4.79 Å². The van der Waals surface area contributed by atoms with Crippen LogP contribution in [0.1, 0.15) is 21.5 Å². The Labute approximate surface area is 169 Å². The number of hydrogen-bond acceptors (Lipinski definition) is 4. The van der Waals surface area contributed by atoms with Gasteiger partial charge < -0.3 is 11.1 Å². The van der Waals surface area contributed by atoms with E-state index in [0.29, 0.717) is 12.1 Å². The van der Waals surface area contributed by atoms with Gasteiger partial charge in [-0.2, -0.15) is 0 Å². The van der Waals surface area contributed by atoms with Crippen LogP contribution in [0.3, 0.4) is 0 Å². The van der Waals surface area contributed by atoms with Crippen molar-refractivity contribution >= 4 is 22.8 Å². The third-order valence-electron chi connectivity index (χ3n) is 4.95. The van der Waals surface area contributed by atoms with E-state index in [1.54, 1.807) is 6.20 Å². The lowest BCUT2D eigenvalue weighted by molar-refractivity contribution is 0.0954. The molecule has 0 aliphatic carbocycles. The first-order valence-corrected chi connectivity index (χ1v) is 9.55. The number of hydrogen-bond donors (Lipinski definition) is 2. The zero-order valence-corrected chi connectivity index (χ0v) is 16.2. The molecule has 0 saturated carbocycles. The molecule has 4 rings (SSSR count). The van der Waals surface area contributed by atoms with E-state index in [2.05, 4.69) is 27.4 Å². The predicted molar refractivity (Wildman–Crippen MR) is 117 cm³/mol. The van der Waals surface area contributed by atoms with Gasteiger partial charge in [0.2, 0.25) is 5.95 Å². The number of amides is 1. The summed E-state index contributed by atoms with van der Waals surface area (Å²) in [7, 11) is 0. The average Bonchev–Trinajstić information content (AvgIpc) is 2.74. The van der Waals surface area contributed by atoms with Gasteiger partial charge in [-0.25, -0.2) is 9.97 Å². The number of carbonyl (C=O) groups excluding carboxylic acids is 1. The highest BCUT2D eigenvalue weighted by Gasteiger charge is 2.10. The van der Waals surface area contributed by atoms with Gasteiger partial charge in [-0.3, -0.25) is 4.79 Å². The number of aromatic nitrogens is 2. The fourth-order valence-electron chi connectivity index (χ4n) is 3.36. The van der Waals surface area contributed by atoms with Gasteiger partial charge in [-0.15, -0.1) is 0 Å². The van der Waals surface area contributed by atoms with Crippen molar-refractivity contribution in [3.8, 4) is 11.1 Å². The first-order valence-electron chi connectivity index (χ1n) is 9.55. The normalized spacial score (nSPS) is 10.8. The highest BCUT2D eigenvalue weighted by Crippen LogP contribution is 2.27. The SMILES string of the molecule is Cc1ccc(C(=O)NCCc2ccccc2)cc1-c1ccc2nc(N)ncc2c1. The summed E-state index contributed by atoms with van der Waals surface area (Å²) < 4.78 is 0. The number of nitrogens with zero attached hydrogens (tertiary/aromatic N) is 2. The van der Waals surface area contributed by atoms with Gasteiger partial charge in [-0.1, -0.05) is 42.5 Å². The number of benzene rings is 3. The van der Waals surface area contributed by atoms with Gasteiger partial charge in [0.1, 0.15) is 0 Å². The highest BCUT2D eigenvalue weighted by atomic mass is 16.1. The Morgan fingerprint density at radius 2 is 1.86 bits per heavy atom. The minimum atomic E-state index is -0.0703. The van der Waals surface area contributed by atoms with E-state index < -0.39 is 0 Å². The van der Waals surface area contributed by atoms with Crippen molar-refractivity contribution in [1.82, 2.24) is 15.3 Å². The number of anilines is 1. The molecule has 1 amide bonds. The van der Waals surface area contributed by atoms with Gasteiger partial charge in [0, 0.05) is 23.7 Å². The second-order valence-electron chi connectivity index (χ2n) is 7.02. The molecule has 0 atom stereocenters. The summed E-state index contributed by atoms with van der Waals surface area (Å²) >= 11 is 0. The fraction of sp³-hybridized carbons (Fsp3) is 0.125. The predicted octanol–water partition coefficient (Wildman–Crippen LogP) is 4.16. The number of fused-ring (bicyclic) bond motifs is 1. The maximum Gasteiger partial charge on any atom is 0.251 e. The average molecular weight is 382 g/mol. The van der Waals surface area contributed by atoms with Crippen LogP contribution in [0.2, 0.25) is 0 Å². The molecular formula is C24H22N4O. The van der Waals surface area contributed by atoms with Crippen LogP contribution in [0.15, 0.2) is 72.9 Å². The lowest BCUT2D eigenvalue weighted by atomic mass is 9.97. The quantitative estimate of drug-likeness (QED) is 0.543. The summed E-state index contributed by atoms with van der Waals surface area (Å²) in [6, 6.07) is 21.8. The molecule has 5 nitrogen and oxygen atoms in total. The van der Waals surface area contributed by atoms with Crippen LogP contribution < -0.4 is 11.1 Å². The van der Waals surface area contributed by atoms with E-state index in [9.17, 15) is 4.79 Å². The third-order valence-corrected chi connectivity index (χ3v) is 4.95. The molecule has 3 N–H and O–H groups in total. The van der Waals surface area contributed by atoms with E-state index in [1.165, 1.54) is 5.56 Å². The van der Waals surface area contributed by atoms with Gasteiger partial charge in [0.15, 0.2) is 0 Å².